The van der Waals surface area contributed by atoms with Crippen molar-refractivity contribution in [3.8, 4) is 0 Å². The van der Waals surface area contributed by atoms with Crippen molar-refractivity contribution in [2.24, 2.45) is 5.92 Å². The highest BCUT2D eigenvalue weighted by molar-refractivity contribution is 5.94. The molecule has 1 heterocycles. The zero-order valence-corrected chi connectivity index (χ0v) is 11.4. The summed E-state index contributed by atoms with van der Waals surface area (Å²) in [5.41, 5.74) is 0.887. The minimum Gasteiger partial charge on any atom is -0.394 e. The molecule has 0 radical (unpaired) electrons. The molecule has 1 aromatic carbocycles. The average Bonchev–Trinajstić information content (AvgIpc) is 2.40. The summed E-state index contributed by atoms with van der Waals surface area (Å²) in [5.74, 6) is -0.279. The second kappa shape index (κ2) is 5.70. The molecule has 4 heteroatoms. The SMILES string of the molecule is Cc1ccc(C(=O)N2CCCC(C)C2CO)cc1F. The van der Waals surface area contributed by atoms with E-state index in [4.69, 9.17) is 0 Å². The highest BCUT2D eigenvalue weighted by atomic mass is 19.1. The number of halogens is 1. The first-order valence-electron chi connectivity index (χ1n) is 6.72. The normalized spacial score (nSPS) is 23.5. The van der Waals surface area contributed by atoms with Crippen LogP contribution in [0.2, 0.25) is 0 Å². The number of aryl methyl sites for hydroxylation is 1. The van der Waals surface area contributed by atoms with Gasteiger partial charge in [0.25, 0.3) is 5.91 Å². The van der Waals surface area contributed by atoms with Gasteiger partial charge in [0.1, 0.15) is 5.82 Å². The van der Waals surface area contributed by atoms with Crippen LogP contribution in [0.25, 0.3) is 0 Å². The van der Waals surface area contributed by atoms with Crippen molar-refractivity contribution in [3.05, 3.63) is 35.1 Å². The number of carbonyl (C=O) groups is 1. The third-order valence-electron chi connectivity index (χ3n) is 3.98. The van der Waals surface area contributed by atoms with Crippen LogP contribution in [0.4, 0.5) is 4.39 Å². The van der Waals surface area contributed by atoms with Crippen molar-refractivity contribution < 1.29 is 14.3 Å². The maximum atomic E-state index is 13.5. The summed E-state index contributed by atoms with van der Waals surface area (Å²) in [4.78, 5) is 14.1. The van der Waals surface area contributed by atoms with Crippen molar-refractivity contribution in [2.45, 2.75) is 32.7 Å². The van der Waals surface area contributed by atoms with Crippen LogP contribution < -0.4 is 0 Å². The van der Waals surface area contributed by atoms with E-state index < -0.39 is 0 Å². The molecule has 3 nitrogen and oxygen atoms in total. The van der Waals surface area contributed by atoms with E-state index in [-0.39, 0.29) is 30.3 Å². The van der Waals surface area contributed by atoms with E-state index in [1.54, 1.807) is 24.0 Å². The number of benzene rings is 1. The van der Waals surface area contributed by atoms with Gasteiger partial charge >= 0.3 is 0 Å². The lowest BCUT2D eigenvalue weighted by Crippen LogP contribution is -2.49. The Kier molecular flexibility index (Phi) is 4.20. The largest absolute Gasteiger partial charge is 0.394 e. The molecular weight excluding hydrogens is 245 g/mol. The summed E-state index contributed by atoms with van der Waals surface area (Å²) in [6, 6.07) is 4.38. The quantitative estimate of drug-likeness (QED) is 0.891. The van der Waals surface area contributed by atoms with Crippen LogP contribution in [0.3, 0.4) is 0 Å². The zero-order chi connectivity index (χ0) is 14.0. The topological polar surface area (TPSA) is 40.5 Å². The summed E-state index contributed by atoms with van der Waals surface area (Å²) < 4.78 is 13.5. The molecule has 1 aliphatic rings. The molecule has 0 saturated carbocycles. The van der Waals surface area contributed by atoms with Gasteiger partial charge in [-0.05, 0) is 43.4 Å². The number of amides is 1. The number of aliphatic hydroxyl groups is 1. The lowest BCUT2D eigenvalue weighted by atomic mass is 9.90. The molecule has 0 spiro atoms. The number of carbonyl (C=O) groups excluding carboxylic acids is 1. The van der Waals surface area contributed by atoms with E-state index in [1.807, 2.05) is 6.92 Å². The van der Waals surface area contributed by atoms with Crippen molar-refractivity contribution in [1.29, 1.82) is 0 Å². The molecule has 1 aromatic rings. The number of aliphatic hydroxyl groups excluding tert-OH is 1. The molecule has 1 aliphatic heterocycles. The molecule has 1 saturated heterocycles. The second-order valence-electron chi connectivity index (χ2n) is 5.33. The molecule has 0 aromatic heterocycles. The summed E-state index contributed by atoms with van der Waals surface area (Å²) >= 11 is 0. The van der Waals surface area contributed by atoms with Crippen LogP contribution in [-0.4, -0.2) is 35.1 Å². The van der Waals surface area contributed by atoms with E-state index in [0.29, 0.717) is 17.7 Å². The van der Waals surface area contributed by atoms with E-state index in [1.165, 1.54) is 6.07 Å². The highest BCUT2D eigenvalue weighted by Crippen LogP contribution is 2.25. The fourth-order valence-corrected chi connectivity index (χ4v) is 2.67. The van der Waals surface area contributed by atoms with Crippen LogP contribution >= 0.6 is 0 Å². The summed E-state index contributed by atoms with van der Waals surface area (Å²) in [5, 5.41) is 9.46. The predicted molar refractivity (Wildman–Crippen MR) is 71.4 cm³/mol. The Bertz CT molecular complexity index is 475. The standard InChI is InChI=1S/C15H20FNO2/c1-10-5-6-12(8-13(10)16)15(19)17-7-3-4-11(2)14(17)9-18/h5-6,8,11,14,18H,3-4,7,9H2,1-2H3. The molecule has 2 rings (SSSR count). The maximum absolute atomic E-state index is 13.5. The Morgan fingerprint density at radius 3 is 2.89 bits per heavy atom. The molecule has 1 fully saturated rings. The third-order valence-corrected chi connectivity index (χ3v) is 3.98. The summed E-state index contributed by atoms with van der Waals surface area (Å²) in [7, 11) is 0. The summed E-state index contributed by atoms with van der Waals surface area (Å²) in [6.45, 7) is 4.30. The number of rotatable bonds is 2. The number of likely N-dealkylation sites (tertiary alicyclic amines) is 1. The van der Waals surface area contributed by atoms with Crippen LogP contribution in [0.1, 0.15) is 35.7 Å². The minimum absolute atomic E-state index is 0.0404. The van der Waals surface area contributed by atoms with E-state index >= 15 is 0 Å². The number of hydrogen-bond acceptors (Lipinski definition) is 2. The molecule has 19 heavy (non-hydrogen) atoms. The number of nitrogens with zero attached hydrogens (tertiary/aromatic N) is 1. The van der Waals surface area contributed by atoms with Crippen molar-refractivity contribution >= 4 is 5.91 Å². The lowest BCUT2D eigenvalue weighted by molar-refractivity contribution is 0.0358. The van der Waals surface area contributed by atoms with E-state index in [2.05, 4.69) is 0 Å². The second-order valence-corrected chi connectivity index (χ2v) is 5.33. The monoisotopic (exact) mass is 265 g/mol. The van der Waals surface area contributed by atoms with Crippen molar-refractivity contribution in [1.82, 2.24) is 4.90 Å². The summed E-state index contributed by atoms with van der Waals surface area (Å²) in [6.07, 6.45) is 1.94. The molecule has 2 atom stereocenters. The van der Waals surface area contributed by atoms with Gasteiger partial charge in [-0.15, -0.1) is 0 Å². The fraction of sp³-hybridized carbons (Fsp3) is 0.533. The van der Waals surface area contributed by atoms with Crippen LogP contribution in [0.15, 0.2) is 18.2 Å². The van der Waals surface area contributed by atoms with Gasteiger partial charge in [-0.1, -0.05) is 13.0 Å². The Balaban J connectivity index is 2.24. The van der Waals surface area contributed by atoms with E-state index in [0.717, 1.165) is 12.8 Å². The Morgan fingerprint density at radius 1 is 1.53 bits per heavy atom. The van der Waals surface area contributed by atoms with Gasteiger partial charge in [0.05, 0.1) is 12.6 Å². The van der Waals surface area contributed by atoms with Crippen LogP contribution in [0.5, 0.6) is 0 Å². The number of piperidine rings is 1. The lowest BCUT2D eigenvalue weighted by Gasteiger charge is -2.39. The van der Waals surface area contributed by atoms with E-state index in [9.17, 15) is 14.3 Å². The predicted octanol–water partition coefficient (Wildman–Crippen LogP) is 2.37. The average molecular weight is 265 g/mol. The van der Waals surface area contributed by atoms with Gasteiger partial charge in [-0.25, -0.2) is 4.39 Å². The van der Waals surface area contributed by atoms with Gasteiger partial charge in [0.15, 0.2) is 0 Å². The molecule has 0 aliphatic carbocycles. The maximum Gasteiger partial charge on any atom is 0.254 e. The zero-order valence-electron chi connectivity index (χ0n) is 11.4. The Morgan fingerprint density at radius 2 is 2.26 bits per heavy atom. The Hall–Kier alpha value is -1.42. The molecule has 104 valence electrons. The number of hydrogen-bond donors (Lipinski definition) is 1. The van der Waals surface area contributed by atoms with Gasteiger partial charge in [-0.2, -0.15) is 0 Å². The molecule has 0 bridgehead atoms. The van der Waals surface area contributed by atoms with Crippen molar-refractivity contribution in [3.63, 3.8) is 0 Å². The first-order chi connectivity index (χ1) is 9.04. The first kappa shape index (κ1) is 14.0. The highest BCUT2D eigenvalue weighted by Gasteiger charge is 2.31. The minimum atomic E-state index is -0.364. The third kappa shape index (κ3) is 2.78. The van der Waals surface area contributed by atoms with Crippen molar-refractivity contribution in [2.75, 3.05) is 13.2 Å². The van der Waals surface area contributed by atoms with Crippen LogP contribution in [0, 0.1) is 18.7 Å². The molecular formula is C15H20FNO2. The van der Waals surface area contributed by atoms with Gasteiger partial charge in [-0.3, -0.25) is 4.79 Å². The molecule has 2 unspecified atom stereocenters. The van der Waals surface area contributed by atoms with Gasteiger partial charge in [0.2, 0.25) is 0 Å². The molecule has 1 N–H and O–H groups in total. The van der Waals surface area contributed by atoms with Crippen LogP contribution in [-0.2, 0) is 0 Å². The Labute approximate surface area is 113 Å². The molecule has 1 amide bonds. The van der Waals surface area contributed by atoms with Gasteiger partial charge < -0.3 is 10.0 Å². The first-order valence-corrected chi connectivity index (χ1v) is 6.72. The smallest absolute Gasteiger partial charge is 0.254 e. The fourth-order valence-electron chi connectivity index (χ4n) is 2.67. The van der Waals surface area contributed by atoms with Gasteiger partial charge in [0, 0.05) is 12.1 Å².